The fourth-order valence-electron chi connectivity index (χ4n) is 7.01. The van der Waals surface area contributed by atoms with Gasteiger partial charge in [0.25, 0.3) is 0 Å². The third-order valence-corrected chi connectivity index (χ3v) is 8.82. The van der Waals surface area contributed by atoms with Crippen LogP contribution >= 0.6 is 0 Å². The zero-order valence-corrected chi connectivity index (χ0v) is 25.3. The summed E-state index contributed by atoms with van der Waals surface area (Å²) < 4.78 is 12.3. The highest BCUT2D eigenvalue weighted by Crippen LogP contribution is 2.46. The van der Waals surface area contributed by atoms with Crippen LogP contribution in [0.25, 0.3) is 0 Å². The molecule has 0 heterocycles. The molecule has 3 heteroatoms. The first-order chi connectivity index (χ1) is 17.9. The number of ether oxygens (including phenoxy) is 2. The molecule has 0 spiro atoms. The topological polar surface area (TPSA) is 35.5 Å². The van der Waals surface area contributed by atoms with Gasteiger partial charge in [-0.05, 0) is 118 Å². The van der Waals surface area contributed by atoms with E-state index in [4.69, 9.17) is 9.47 Å². The van der Waals surface area contributed by atoms with Crippen LogP contribution in [0.4, 0.5) is 0 Å². The van der Waals surface area contributed by atoms with Crippen LogP contribution in [-0.4, -0.2) is 11.6 Å². The number of carbonyl (C=O) groups is 1. The van der Waals surface area contributed by atoms with E-state index in [-0.39, 0.29) is 17.0 Å². The van der Waals surface area contributed by atoms with Gasteiger partial charge in [0.05, 0.1) is 0 Å². The van der Waals surface area contributed by atoms with E-state index >= 15 is 0 Å². The van der Waals surface area contributed by atoms with Crippen molar-refractivity contribution >= 4 is 5.97 Å². The predicted octanol–water partition coefficient (Wildman–Crippen LogP) is 9.83. The molecule has 0 radical (unpaired) electrons. The fraction of sp³-hybridized carbons (Fsp3) is 0.629. The van der Waals surface area contributed by atoms with Crippen LogP contribution in [0.1, 0.15) is 151 Å². The Balaban J connectivity index is 1.83. The van der Waals surface area contributed by atoms with Crippen LogP contribution < -0.4 is 9.47 Å². The second-order valence-electron chi connectivity index (χ2n) is 13.5. The number of rotatable bonds is 6. The molecular weight excluding hydrogens is 468 g/mol. The van der Waals surface area contributed by atoms with E-state index in [1.165, 1.54) is 105 Å². The summed E-state index contributed by atoms with van der Waals surface area (Å²) in [5.74, 6) is 2.59. The van der Waals surface area contributed by atoms with Crippen molar-refractivity contribution in [3.63, 3.8) is 0 Å². The van der Waals surface area contributed by atoms with E-state index in [2.05, 4.69) is 72.7 Å². The van der Waals surface area contributed by atoms with E-state index in [9.17, 15) is 4.79 Å². The number of carbonyl (C=O) groups excluding carboxylic acids is 1. The van der Waals surface area contributed by atoms with Crippen LogP contribution in [0.2, 0.25) is 0 Å². The lowest BCUT2D eigenvalue weighted by Crippen LogP contribution is -2.26. The van der Waals surface area contributed by atoms with Crippen LogP contribution in [0, 0.1) is 13.8 Å². The van der Waals surface area contributed by atoms with Gasteiger partial charge < -0.3 is 9.47 Å². The molecule has 2 aromatic rings. The maximum atomic E-state index is 12.0. The summed E-state index contributed by atoms with van der Waals surface area (Å²) in [6, 6.07) is 9.28. The third kappa shape index (κ3) is 6.46. The van der Waals surface area contributed by atoms with Gasteiger partial charge in [0, 0.05) is 12.3 Å². The standard InChI is InChI=1S/C35H50O3/c1-23-19-32(37-25(3)36)28(26-15-11-9-12-16-26)21-30(23)35(7,8)31-22-29(27-17-13-10-14-18-27)33(20-24(31)2)38-34(4,5)6/h19-22,26-27H,9-18H2,1-8H3. The van der Waals surface area contributed by atoms with E-state index in [0.29, 0.717) is 11.8 Å². The number of hydrogen-bond donors (Lipinski definition) is 0. The zero-order valence-electron chi connectivity index (χ0n) is 25.3. The SMILES string of the molecule is CC(=O)Oc1cc(C)c(C(C)(C)c2cc(C3CCCCC3)c(OC(C)(C)C)cc2C)cc1C1CCCCC1. The van der Waals surface area contributed by atoms with Crippen molar-refractivity contribution in [3.05, 3.63) is 57.6 Å². The van der Waals surface area contributed by atoms with E-state index in [0.717, 1.165) is 11.5 Å². The van der Waals surface area contributed by atoms with Crippen LogP contribution in [0.3, 0.4) is 0 Å². The van der Waals surface area contributed by atoms with Crippen LogP contribution in [-0.2, 0) is 10.2 Å². The van der Waals surface area contributed by atoms with Gasteiger partial charge in [0.1, 0.15) is 17.1 Å². The van der Waals surface area contributed by atoms with Crippen LogP contribution in [0.5, 0.6) is 11.5 Å². The minimum absolute atomic E-state index is 0.198. The predicted molar refractivity (Wildman–Crippen MR) is 158 cm³/mol. The Morgan fingerprint density at radius 1 is 0.684 bits per heavy atom. The van der Waals surface area contributed by atoms with Gasteiger partial charge in [0.15, 0.2) is 0 Å². The molecule has 0 amide bonds. The molecule has 2 fully saturated rings. The van der Waals surface area contributed by atoms with Gasteiger partial charge >= 0.3 is 5.97 Å². The highest BCUT2D eigenvalue weighted by molar-refractivity contribution is 5.70. The number of hydrogen-bond acceptors (Lipinski definition) is 3. The summed E-state index contributed by atoms with van der Waals surface area (Å²) in [4.78, 5) is 12.0. The second kappa shape index (κ2) is 11.4. The van der Waals surface area contributed by atoms with Gasteiger partial charge in [-0.3, -0.25) is 4.79 Å². The summed E-state index contributed by atoms with van der Waals surface area (Å²) in [6.45, 7) is 17.1. The lowest BCUT2D eigenvalue weighted by molar-refractivity contribution is -0.131. The maximum absolute atomic E-state index is 12.0. The van der Waals surface area contributed by atoms with Gasteiger partial charge in [-0.15, -0.1) is 0 Å². The fourth-order valence-corrected chi connectivity index (χ4v) is 7.01. The summed E-state index contributed by atoms with van der Waals surface area (Å²) in [5, 5.41) is 0. The molecule has 2 aliphatic rings. The first-order valence-electron chi connectivity index (χ1n) is 15.0. The molecule has 38 heavy (non-hydrogen) atoms. The first kappa shape index (κ1) is 28.7. The number of benzene rings is 2. The highest BCUT2D eigenvalue weighted by atomic mass is 16.5. The molecule has 0 aromatic heterocycles. The van der Waals surface area contributed by atoms with Gasteiger partial charge in [-0.2, -0.15) is 0 Å². The molecule has 208 valence electrons. The van der Waals surface area contributed by atoms with Gasteiger partial charge in [-0.25, -0.2) is 0 Å². The Morgan fingerprint density at radius 3 is 1.53 bits per heavy atom. The summed E-state index contributed by atoms with van der Waals surface area (Å²) in [6.07, 6.45) is 12.6. The van der Waals surface area contributed by atoms with Crippen molar-refractivity contribution in [1.29, 1.82) is 0 Å². The van der Waals surface area contributed by atoms with Crippen molar-refractivity contribution in [3.8, 4) is 11.5 Å². The highest BCUT2D eigenvalue weighted by Gasteiger charge is 2.32. The minimum atomic E-state index is -0.240. The summed E-state index contributed by atoms with van der Waals surface area (Å²) >= 11 is 0. The Hall–Kier alpha value is -2.29. The molecule has 0 N–H and O–H groups in total. The molecule has 3 nitrogen and oxygen atoms in total. The van der Waals surface area contributed by atoms with Crippen molar-refractivity contribution in [1.82, 2.24) is 0 Å². The molecule has 2 aliphatic carbocycles. The van der Waals surface area contributed by atoms with Crippen molar-refractivity contribution < 1.29 is 14.3 Å². The minimum Gasteiger partial charge on any atom is -0.488 e. The van der Waals surface area contributed by atoms with Crippen molar-refractivity contribution in [2.75, 3.05) is 0 Å². The van der Waals surface area contributed by atoms with E-state index in [1.807, 2.05) is 0 Å². The van der Waals surface area contributed by atoms with Crippen LogP contribution in [0.15, 0.2) is 24.3 Å². The summed E-state index contributed by atoms with van der Waals surface area (Å²) in [7, 11) is 0. The molecule has 0 aliphatic heterocycles. The molecule has 0 bridgehead atoms. The molecule has 0 atom stereocenters. The molecule has 0 saturated heterocycles. The van der Waals surface area contributed by atoms with Crippen molar-refractivity contribution in [2.24, 2.45) is 0 Å². The average Bonchev–Trinajstić information content (AvgIpc) is 2.83. The van der Waals surface area contributed by atoms with Crippen molar-refractivity contribution in [2.45, 2.75) is 142 Å². The maximum Gasteiger partial charge on any atom is 0.308 e. The molecule has 4 rings (SSSR count). The zero-order chi connectivity index (χ0) is 27.7. The van der Waals surface area contributed by atoms with Gasteiger partial charge in [0.2, 0.25) is 0 Å². The Labute approximate surface area is 231 Å². The molecular formula is C35H50O3. The second-order valence-corrected chi connectivity index (χ2v) is 13.5. The average molecular weight is 519 g/mol. The summed E-state index contributed by atoms with van der Waals surface area (Å²) in [5.41, 5.74) is 7.33. The Bertz CT molecular complexity index is 1140. The van der Waals surface area contributed by atoms with E-state index < -0.39 is 0 Å². The smallest absolute Gasteiger partial charge is 0.308 e. The normalized spacial score (nSPS) is 17.9. The Kier molecular flexibility index (Phi) is 8.65. The lowest BCUT2D eigenvalue weighted by Gasteiger charge is -2.35. The van der Waals surface area contributed by atoms with Gasteiger partial charge in [-0.1, -0.05) is 64.5 Å². The number of aryl methyl sites for hydroxylation is 2. The quantitative estimate of drug-likeness (QED) is 0.282. The number of esters is 1. The third-order valence-electron chi connectivity index (χ3n) is 8.82. The lowest BCUT2D eigenvalue weighted by atomic mass is 9.71. The van der Waals surface area contributed by atoms with E-state index in [1.54, 1.807) is 0 Å². The monoisotopic (exact) mass is 518 g/mol. The molecule has 2 saturated carbocycles. The largest absolute Gasteiger partial charge is 0.488 e. The molecule has 0 unspecified atom stereocenters. The Morgan fingerprint density at radius 2 is 1.11 bits per heavy atom. The first-order valence-corrected chi connectivity index (χ1v) is 15.0. The molecule has 2 aromatic carbocycles.